The second-order valence-corrected chi connectivity index (χ2v) is 4.02. The first kappa shape index (κ1) is 17.0. The van der Waals surface area contributed by atoms with Crippen LogP contribution in [0.25, 0.3) is 0 Å². The van der Waals surface area contributed by atoms with E-state index in [1.807, 2.05) is 0 Å². The molecule has 0 heterocycles. The van der Waals surface area contributed by atoms with E-state index in [1.54, 1.807) is 0 Å². The van der Waals surface area contributed by atoms with E-state index in [-0.39, 0.29) is 5.57 Å². The van der Waals surface area contributed by atoms with Crippen LogP contribution >= 0.6 is 12.6 Å². The molecule has 0 aliphatic heterocycles. The summed E-state index contributed by atoms with van der Waals surface area (Å²) < 4.78 is 0. The Labute approximate surface area is 99.2 Å². The molecule has 0 fully saturated rings. The number of carbonyl (C=O) groups is 1. The summed E-state index contributed by atoms with van der Waals surface area (Å²) in [6, 6.07) is 0. The number of hydrogen-bond acceptors (Lipinski definition) is 2. The van der Waals surface area contributed by atoms with Gasteiger partial charge < -0.3 is 5.11 Å². The van der Waals surface area contributed by atoms with E-state index in [9.17, 15) is 4.79 Å². The average Bonchev–Trinajstić information content (AvgIpc) is 2.18. The normalized spacial score (nSPS) is 9.00. The lowest BCUT2D eigenvalue weighted by atomic mass is 10.1. The zero-order valence-corrected chi connectivity index (χ0v) is 10.9. The first-order chi connectivity index (χ1) is 7.06. The van der Waals surface area contributed by atoms with Gasteiger partial charge in [-0.3, -0.25) is 0 Å². The summed E-state index contributed by atoms with van der Waals surface area (Å²) in [7, 11) is 0. The van der Waals surface area contributed by atoms with E-state index in [2.05, 4.69) is 26.1 Å². The summed E-state index contributed by atoms with van der Waals surface area (Å²) in [5.74, 6) is 0.126. The minimum Gasteiger partial charge on any atom is -0.478 e. The van der Waals surface area contributed by atoms with Gasteiger partial charge in [-0.15, -0.1) is 0 Å². The van der Waals surface area contributed by atoms with Crippen LogP contribution < -0.4 is 0 Å². The van der Waals surface area contributed by atoms with Crippen LogP contribution in [0.5, 0.6) is 0 Å². The van der Waals surface area contributed by atoms with E-state index in [0.29, 0.717) is 0 Å². The minimum atomic E-state index is -0.935. The molecule has 2 nitrogen and oxygen atoms in total. The van der Waals surface area contributed by atoms with Crippen molar-refractivity contribution in [1.29, 1.82) is 0 Å². The van der Waals surface area contributed by atoms with Gasteiger partial charge in [0.25, 0.3) is 0 Å². The molecule has 15 heavy (non-hydrogen) atoms. The van der Waals surface area contributed by atoms with Crippen molar-refractivity contribution in [2.45, 2.75) is 52.4 Å². The number of rotatable bonds is 7. The van der Waals surface area contributed by atoms with Crippen LogP contribution in [0, 0.1) is 0 Å². The van der Waals surface area contributed by atoms with Crippen molar-refractivity contribution in [1.82, 2.24) is 0 Å². The summed E-state index contributed by atoms with van der Waals surface area (Å²) in [5.41, 5.74) is 0.176. The SMILES string of the molecule is C=C(C)C(=O)O.CCCCCCCCS. The molecule has 0 saturated carbocycles. The van der Waals surface area contributed by atoms with E-state index in [4.69, 9.17) is 5.11 Å². The minimum absolute atomic E-state index is 0.176. The Morgan fingerprint density at radius 1 is 1.20 bits per heavy atom. The Hall–Kier alpha value is -0.440. The highest BCUT2D eigenvalue weighted by Crippen LogP contribution is 2.04. The van der Waals surface area contributed by atoms with Gasteiger partial charge in [0.1, 0.15) is 0 Å². The number of carboxylic acids is 1. The summed E-state index contributed by atoms with van der Waals surface area (Å²) >= 11 is 4.15. The number of unbranched alkanes of at least 4 members (excludes halogenated alkanes) is 5. The molecule has 0 aromatic heterocycles. The Balaban J connectivity index is 0. The van der Waals surface area contributed by atoms with Gasteiger partial charge >= 0.3 is 5.97 Å². The molecule has 3 heteroatoms. The van der Waals surface area contributed by atoms with Crippen LogP contribution in [0.2, 0.25) is 0 Å². The zero-order valence-electron chi connectivity index (χ0n) is 9.96. The van der Waals surface area contributed by atoms with Gasteiger partial charge in [-0.05, 0) is 19.1 Å². The molecule has 0 aromatic carbocycles. The second kappa shape index (κ2) is 13.6. The molecule has 0 saturated heterocycles. The third kappa shape index (κ3) is 19.8. The molecule has 0 atom stereocenters. The molecule has 0 aliphatic carbocycles. The van der Waals surface area contributed by atoms with Crippen molar-refractivity contribution in [3.8, 4) is 0 Å². The number of aliphatic carboxylic acids is 1. The van der Waals surface area contributed by atoms with Gasteiger partial charge in [0.15, 0.2) is 0 Å². The lowest BCUT2D eigenvalue weighted by molar-refractivity contribution is -0.132. The standard InChI is InChI=1S/C8H18S.C4H6O2/c1-2-3-4-5-6-7-8-9;1-3(2)4(5)6/h9H,2-8H2,1H3;1H2,2H3,(H,5,6). The molecule has 1 N–H and O–H groups in total. The molecule has 90 valence electrons. The highest BCUT2D eigenvalue weighted by Gasteiger charge is 1.90. The summed E-state index contributed by atoms with van der Waals surface area (Å²) in [6.07, 6.45) is 8.27. The van der Waals surface area contributed by atoms with Crippen LogP contribution in [0.4, 0.5) is 0 Å². The van der Waals surface area contributed by atoms with E-state index < -0.39 is 5.97 Å². The predicted molar refractivity (Wildman–Crippen MR) is 69.7 cm³/mol. The molecule has 0 aliphatic rings. The lowest BCUT2D eigenvalue weighted by Crippen LogP contribution is -1.92. The largest absolute Gasteiger partial charge is 0.478 e. The molecular formula is C12H24O2S. The molecule has 0 radical (unpaired) electrons. The Kier molecular flexibility index (Phi) is 15.3. The fourth-order valence-electron chi connectivity index (χ4n) is 0.892. The molecule has 0 amide bonds. The van der Waals surface area contributed by atoms with Crippen LogP contribution in [0.3, 0.4) is 0 Å². The molecule has 0 aromatic rings. The predicted octanol–water partition coefficient (Wildman–Crippen LogP) is 3.92. The highest BCUT2D eigenvalue weighted by molar-refractivity contribution is 7.80. The molecule has 0 rings (SSSR count). The van der Waals surface area contributed by atoms with Gasteiger partial charge in [-0.2, -0.15) is 12.6 Å². The van der Waals surface area contributed by atoms with Gasteiger partial charge in [0.05, 0.1) is 0 Å². The number of hydrogen-bond donors (Lipinski definition) is 2. The second-order valence-electron chi connectivity index (χ2n) is 3.58. The van der Waals surface area contributed by atoms with E-state index >= 15 is 0 Å². The number of carboxylic acid groups (broad SMARTS) is 1. The van der Waals surface area contributed by atoms with Crippen molar-refractivity contribution in [3.05, 3.63) is 12.2 Å². The summed E-state index contributed by atoms with van der Waals surface area (Å²) in [6.45, 7) is 6.85. The topological polar surface area (TPSA) is 37.3 Å². The van der Waals surface area contributed by atoms with Gasteiger partial charge in [-0.25, -0.2) is 4.79 Å². The van der Waals surface area contributed by atoms with Crippen molar-refractivity contribution >= 4 is 18.6 Å². The molecule has 0 bridgehead atoms. The average molecular weight is 232 g/mol. The van der Waals surface area contributed by atoms with Crippen LogP contribution in [-0.4, -0.2) is 16.8 Å². The maximum atomic E-state index is 9.60. The maximum Gasteiger partial charge on any atom is 0.330 e. The molecule has 0 spiro atoms. The highest BCUT2D eigenvalue weighted by atomic mass is 32.1. The first-order valence-corrected chi connectivity index (χ1v) is 6.19. The monoisotopic (exact) mass is 232 g/mol. The van der Waals surface area contributed by atoms with Crippen LogP contribution in [0.15, 0.2) is 12.2 Å². The number of thiol groups is 1. The van der Waals surface area contributed by atoms with E-state index in [1.165, 1.54) is 45.4 Å². The molecular weight excluding hydrogens is 208 g/mol. The van der Waals surface area contributed by atoms with Crippen molar-refractivity contribution in [2.75, 3.05) is 5.75 Å². The third-order valence-electron chi connectivity index (χ3n) is 1.88. The van der Waals surface area contributed by atoms with Gasteiger partial charge in [-0.1, -0.05) is 45.6 Å². The zero-order chi connectivity index (χ0) is 12.1. The van der Waals surface area contributed by atoms with Crippen LogP contribution in [0.1, 0.15) is 52.4 Å². The maximum absolute atomic E-state index is 9.60. The lowest BCUT2D eigenvalue weighted by Gasteiger charge is -1.95. The third-order valence-corrected chi connectivity index (χ3v) is 2.19. The first-order valence-electron chi connectivity index (χ1n) is 5.55. The molecule has 0 unspecified atom stereocenters. The van der Waals surface area contributed by atoms with Crippen molar-refractivity contribution < 1.29 is 9.90 Å². The van der Waals surface area contributed by atoms with E-state index in [0.717, 1.165) is 5.75 Å². The summed E-state index contributed by atoms with van der Waals surface area (Å²) in [5, 5.41) is 7.89. The van der Waals surface area contributed by atoms with Crippen molar-refractivity contribution in [3.63, 3.8) is 0 Å². The van der Waals surface area contributed by atoms with Crippen molar-refractivity contribution in [2.24, 2.45) is 0 Å². The Morgan fingerprint density at radius 2 is 1.60 bits per heavy atom. The Bertz CT molecular complexity index is 149. The van der Waals surface area contributed by atoms with Gasteiger partial charge in [0, 0.05) is 5.57 Å². The Morgan fingerprint density at radius 3 is 1.93 bits per heavy atom. The summed E-state index contributed by atoms with van der Waals surface area (Å²) in [4.78, 5) is 9.60. The van der Waals surface area contributed by atoms with Gasteiger partial charge in [0.2, 0.25) is 0 Å². The fraction of sp³-hybridized carbons (Fsp3) is 0.750. The fourth-order valence-corrected chi connectivity index (χ4v) is 1.12. The smallest absolute Gasteiger partial charge is 0.330 e. The quantitative estimate of drug-likeness (QED) is 0.396. The van der Waals surface area contributed by atoms with Crippen LogP contribution in [-0.2, 0) is 4.79 Å².